The van der Waals surface area contributed by atoms with Gasteiger partial charge in [-0.15, -0.1) is 0 Å². The first kappa shape index (κ1) is 18.4. The molecule has 4 heterocycles. The number of hydrogen-bond acceptors (Lipinski definition) is 6. The normalized spacial score (nSPS) is 14.7. The summed E-state index contributed by atoms with van der Waals surface area (Å²) < 4.78 is 11.5. The SMILES string of the molecule is COc1ccc(-c2cnc3[nH]c4cnc(C#N)c(OC5CCCCC5)c4c3c2)cn1. The van der Waals surface area contributed by atoms with Gasteiger partial charge in [-0.1, -0.05) is 6.42 Å². The van der Waals surface area contributed by atoms with Crippen LogP contribution < -0.4 is 9.47 Å². The number of hydrogen-bond donors (Lipinski definition) is 1. The van der Waals surface area contributed by atoms with Gasteiger partial charge in [0.05, 0.1) is 30.3 Å². The van der Waals surface area contributed by atoms with Crippen molar-refractivity contribution >= 4 is 21.9 Å². The molecule has 7 heteroatoms. The molecule has 1 aliphatic rings. The monoisotopic (exact) mass is 399 g/mol. The summed E-state index contributed by atoms with van der Waals surface area (Å²) in [7, 11) is 1.59. The van der Waals surface area contributed by atoms with E-state index in [0.29, 0.717) is 17.3 Å². The summed E-state index contributed by atoms with van der Waals surface area (Å²) in [6.45, 7) is 0. The highest BCUT2D eigenvalue weighted by molar-refractivity contribution is 6.10. The third kappa shape index (κ3) is 3.20. The Kier molecular flexibility index (Phi) is 4.68. The molecule has 1 fully saturated rings. The lowest BCUT2D eigenvalue weighted by Crippen LogP contribution is -2.20. The number of aromatic nitrogens is 4. The molecule has 150 valence electrons. The molecule has 0 unspecified atom stereocenters. The average molecular weight is 399 g/mol. The van der Waals surface area contributed by atoms with Gasteiger partial charge in [-0.25, -0.2) is 15.0 Å². The van der Waals surface area contributed by atoms with Crippen LogP contribution in [0.25, 0.3) is 33.1 Å². The molecule has 0 bridgehead atoms. The van der Waals surface area contributed by atoms with Crippen LogP contribution in [0.1, 0.15) is 37.8 Å². The molecular weight excluding hydrogens is 378 g/mol. The maximum Gasteiger partial charge on any atom is 0.212 e. The Morgan fingerprint density at radius 1 is 1.03 bits per heavy atom. The van der Waals surface area contributed by atoms with Gasteiger partial charge < -0.3 is 14.5 Å². The molecule has 0 saturated heterocycles. The van der Waals surface area contributed by atoms with E-state index in [2.05, 4.69) is 32.1 Å². The minimum atomic E-state index is 0.116. The zero-order valence-corrected chi connectivity index (χ0v) is 16.7. The van der Waals surface area contributed by atoms with Gasteiger partial charge in [-0.05, 0) is 37.8 Å². The molecule has 0 atom stereocenters. The van der Waals surface area contributed by atoms with Crippen LogP contribution in [-0.2, 0) is 0 Å². The highest BCUT2D eigenvalue weighted by atomic mass is 16.5. The summed E-state index contributed by atoms with van der Waals surface area (Å²) in [6.07, 6.45) is 10.9. The Morgan fingerprint density at radius 3 is 2.60 bits per heavy atom. The molecule has 1 saturated carbocycles. The van der Waals surface area contributed by atoms with E-state index in [4.69, 9.17) is 9.47 Å². The molecule has 0 aliphatic heterocycles. The van der Waals surface area contributed by atoms with Crippen molar-refractivity contribution in [3.8, 4) is 28.8 Å². The number of pyridine rings is 3. The van der Waals surface area contributed by atoms with Crippen molar-refractivity contribution in [2.45, 2.75) is 38.2 Å². The van der Waals surface area contributed by atoms with E-state index in [9.17, 15) is 5.26 Å². The molecule has 1 N–H and O–H groups in total. The molecule has 1 aliphatic carbocycles. The van der Waals surface area contributed by atoms with Crippen molar-refractivity contribution in [1.82, 2.24) is 19.9 Å². The van der Waals surface area contributed by atoms with Gasteiger partial charge >= 0.3 is 0 Å². The van der Waals surface area contributed by atoms with E-state index >= 15 is 0 Å². The summed E-state index contributed by atoms with van der Waals surface area (Å²) in [5.74, 6) is 1.12. The first-order valence-corrected chi connectivity index (χ1v) is 10.1. The van der Waals surface area contributed by atoms with Crippen molar-refractivity contribution < 1.29 is 9.47 Å². The first-order valence-electron chi connectivity index (χ1n) is 10.1. The number of fused-ring (bicyclic) bond motifs is 3. The molecule has 30 heavy (non-hydrogen) atoms. The smallest absolute Gasteiger partial charge is 0.212 e. The lowest BCUT2D eigenvalue weighted by molar-refractivity contribution is 0.156. The third-order valence-corrected chi connectivity index (χ3v) is 5.67. The molecule has 7 nitrogen and oxygen atoms in total. The van der Waals surface area contributed by atoms with E-state index in [-0.39, 0.29) is 6.10 Å². The Labute approximate surface area is 173 Å². The van der Waals surface area contributed by atoms with Gasteiger partial charge in [0.1, 0.15) is 11.7 Å². The van der Waals surface area contributed by atoms with Crippen molar-refractivity contribution in [1.29, 1.82) is 5.26 Å². The lowest BCUT2D eigenvalue weighted by atomic mass is 9.97. The number of methoxy groups -OCH3 is 1. The van der Waals surface area contributed by atoms with Gasteiger partial charge in [0.25, 0.3) is 0 Å². The Bertz CT molecular complexity index is 1250. The van der Waals surface area contributed by atoms with Gasteiger partial charge in [0.15, 0.2) is 11.4 Å². The van der Waals surface area contributed by atoms with Crippen LogP contribution in [0, 0.1) is 11.3 Å². The second-order valence-corrected chi connectivity index (χ2v) is 7.55. The topological polar surface area (TPSA) is 96.7 Å². The Hall–Kier alpha value is -3.66. The van der Waals surface area contributed by atoms with Crippen LogP contribution in [-0.4, -0.2) is 33.1 Å². The summed E-state index contributed by atoms with van der Waals surface area (Å²) in [5.41, 5.74) is 3.72. The van der Waals surface area contributed by atoms with Crippen molar-refractivity contribution in [2.75, 3.05) is 7.11 Å². The van der Waals surface area contributed by atoms with Crippen LogP contribution >= 0.6 is 0 Å². The summed E-state index contributed by atoms with van der Waals surface area (Å²) in [6, 6.07) is 8.02. The molecule has 0 radical (unpaired) electrons. The number of H-pyrrole nitrogens is 1. The van der Waals surface area contributed by atoms with Gasteiger partial charge in [-0.2, -0.15) is 5.26 Å². The number of nitrogens with one attached hydrogen (secondary N) is 1. The minimum absolute atomic E-state index is 0.116. The largest absolute Gasteiger partial charge is 0.487 e. The highest BCUT2D eigenvalue weighted by Crippen LogP contribution is 2.37. The fraction of sp³-hybridized carbons (Fsp3) is 0.304. The van der Waals surface area contributed by atoms with Crippen molar-refractivity contribution in [3.05, 3.63) is 42.5 Å². The van der Waals surface area contributed by atoms with Gasteiger partial charge in [-0.3, -0.25) is 0 Å². The lowest BCUT2D eigenvalue weighted by Gasteiger charge is -2.23. The molecule has 4 aromatic heterocycles. The number of nitriles is 1. The first-order chi connectivity index (χ1) is 14.8. The summed E-state index contributed by atoms with van der Waals surface area (Å²) >= 11 is 0. The van der Waals surface area contributed by atoms with E-state index in [1.807, 2.05) is 18.3 Å². The van der Waals surface area contributed by atoms with Gasteiger partial charge in [0, 0.05) is 35.0 Å². The van der Waals surface area contributed by atoms with Crippen molar-refractivity contribution in [2.24, 2.45) is 0 Å². The van der Waals surface area contributed by atoms with E-state index in [1.165, 1.54) is 6.42 Å². The van der Waals surface area contributed by atoms with Crippen LogP contribution in [0.5, 0.6) is 11.6 Å². The fourth-order valence-corrected chi connectivity index (χ4v) is 4.11. The predicted octanol–water partition coefficient (Wildman–Crippen LogP) is 4.76. The quantitative estimate of drug-likeness (QED) is 0.531. The number of nitrogens with zero attached hydrogens (tertiary/aromatic N) is 4. The third-order valence-electron chi connectivity index (χ3n) is 5.67. The molecule has 4 aromatic rings. The number of aromatic amines is 1. The molecule has 5 rings (SSSR count). The minimum Gasteiger partial charge on any atom is -0.487 e. The molecule has 0 spiro atoms. The summed E-state index contributed by atoms with van der Waals surface area (Å²) in [5, 5.41) is 11.4. The zero-order valence-electron chi connectivity index (χ0n) is 16.7. The second-order valence-electron chi connectivity index (χ2n) is 7.55. The Morgan fingerprint density at radius 2 is 1.87 bits per heavy atom. The maximum atomic E-state index is 9.66. The maximum absolute atomic E-state index is 9.66. The van der Waals surface area contributed by atoms with E-state index in [1.54, 1.807) is 19.5 Å². The average Bonchev–Trinajstić information content (AvgIpc) is 3.18. The van der Waals surface area contributed by atoms with E-state index < -0.39 is 0 Å². The van der Waals surface area contributed by atoms with Gasteiger partial charge in [0.2, 0.25) is 5.88 Å². The standard InChI is InChI=1S/C23H21N5O2/c1-29-20-8-7-14(11-26-20)15-9-17-21-19(28-23(17)27-12-15)13-25-18(10-24)22(21)30-16-5-3-2-4-6-16/h7-9,11-13,16H,2-6H2,1H3,(H,27,28). The molecular formula is C23H21N5O2. The Balaban J connectivity index is 1.66. The fourth-order valence-electron chi connectivity index (χ4n) is 4.11. The van der Waals surface area contributed by atoms with Crippen molar-refractivity contribution in [3.63, 3.8) is 0 Å². The van der Waals surface area contributed by atoms with Crippen LogP contribution in [0.3, 0.4) is 0 Å². The van der Waals surface area contributed by atoms with Crippen LogP contribution in [0.4, 0.5) is 0 Å². The molecule has 0 aromatic carbocycles. The number of rotatable bonds is 4. The predicted molar refractivity (Wildman–Crippen MR) is 113 cm³/mol. The highest BCUT2D eigenvalue weighted by Gasteiger charge is 2.22. The number of ether oxygens (including phenoxy) is 2. The summed E-state index contributed by atoms with van der Waals surface area (Å²) in [4.78, 5) is 16.5. The van der Waals surface area contributed by atoms with E-state index in [0.717, 1.165) is 58.7 Å². The van der Waals surface area contributed by atoms with Crippen LogP contribution in [0.15, 0.2) is 36.8 Å². The zero-order chi connectivity index (χ0) is 20.5. The second kappa shape index (κ2) is 7.64. The van der Waals surface area contributed by atoms with Crippen LogP contribution in [0.2, 0.25) is 0 Å². The molecule has 0 amide bonds.